The van der Waals surface area contributed by atoms with Crippen LogP contribution in [0.15, 0.2) is 0 Å². The third kappa shape index (κ3) is 3.18. The molecule has 0 saturated heterocycles. The monoisotopic (exact) mass is 212 g/mol. The van der Waals surface area contributed by atoms with Crippen LogP contribution in [0, 0.1) is 10.8 Å². The van der Waals surface area contributed by atoms with E-state index in [0.29, 0.717) is 11.5 Å². The molecule has 1 fully saturated rings. The van der Waals surface area contributed by atoms with Crippen molar-refractivity contribution in [1.82, 2.24) is 4.90 Å². The molecule has 0 aromatic heterocycles. The van der Waals surface area contributed by atoms with Crippen LogP contribution in [0.3, 0.4) is 0 Å². The molecule has 0 heterocycles. The van der Waals surface area contributed by atoms with Crippen molar-refractivity contribution in [1.29, 1.82) is 0 Å². The molecule has 0 radical (unpaired) electrons. The van der Waals surface area contributed by atoms with Gasteiger partial charge in [0, 0.05) is 12.6 Å². The molecule has 2 N–H and O–H groups in total. The maximum Gasteiger partial charge on any atom is 0.0121 e. The zero-order chi connectivity index (χ0) is 11.7. The maximum absolute atomic E-state index is 5.81. The summed E-state index contributed by atoms with van der Waals surface area (Å²) in [4.78, 5) is 2.60. The molecule has 1 unspecified atom stereocenters. The second kappa shape index (κ2) is 4.42. The molecule has 1 rings (SSSR count). The molecule has 90 valence electrons. The van der Waals surface area contributed by atoms with Crippen LogP contribution >= 0.6 is 0 Å². The molecule has 1 atom stereocenters. The highest BCUT2D eigenvalue weighted by Crippen LogP contribution is 2.50. The topological polar surface area (TPSA) is 29.3 Å². The predicted octanol–water partition coefficient (Wildman–Crippen LogP) is 2.48. The van der Waals surface area contributed by atoms with Crippen LogP contribution in [0.4, 0.5) is 0 Å². The van der Waals surface area contributed by atoms with Gasteiger partial charge in [-0.3, -0.25) is 4.90 Å². The van der Waals surface area contributed by atoms with Gasteiger partial charge in [-0.05, 0) is 43.7 Å². The maximum atomic E-state index is 5.81. The highest BCUT2D eigenvalue weighted by atomic mass is 15.2. The van der Waals surface area contributed by atoms with Crippen LogP contribution < -0.4 is 5.73 Å². The molecule has 2 nitrogen and oxygen atoms in total. The molecule has 15 heavy (non-hydrogen) atoms. The molecule has 0 bridgehead atoms. The summed E-state index contributed by atoms with van der Waals surface area (Å²) in [5.41, 5.74) is 6.64. The first kappa shape index (κ1) is 13.0. The van der Waals surface area contributed by atoms with Gasteiger partial charge in [0.05, 0.1) is 0 Å². The number of nitrogens with zero attached hydrogens (tertiary/aromatic N) is 1. The Morgan fingerprint density at radius 2 is 1.93 bits per heavy atom. The number of hydrogen-bond acceptors (Lipinski definition) is 2. The van der Waals surface area contributed by atoms with E-state index in [9.17, 15) is 0 Å². The van der Waals surface area contributed by atoms with Gasteiger partial charge >= 0.3 is 0 Å². The van der Waals surface area contributed by atoms with Gasteiger partial charge < -0.3 is 5.73 Å². The minimum absolute atomic E-state index is 0.246. The Kier molecular flexibility index (Phi) is 3.83. The first-order valence-electron chi connectivity index (χ1n) is 6.29. The fourth-order valence-corrected chi connectivity index (χ4v) is 2.19. The highest BCUT2D eigenvalue weighted by Gasteiger charge is 2.45. The number of rotatable bonds is 6. The van der Waals surface area contributed by atoms with Crippen LogP contribution in [0.1, 0.15) is 47.5 Å². The zero-order valence-corrected chi connectivity index (χ0v) is 11.1. The Morgan fingerprint density at radius 3 is 2.27 bits per heavy atom. The van der Waals surface area contributed by atoms with Gasteiger partial charge in [0.1, 0.15) is 0 Å². The van der Waals surface area contributed by atoms with Crippen LogP contribution in [0.5, 0.6) is 0 Å². The molecule has 1 saturated carbocycles. The van der Waals surface area contributed by atoms with Crippen molar-refractivity contribution < 1.29 is 0 Å². The average molecular weight is 212 g/mol. The minimum atomic E-state index is 0.246. The standard InChI is InChI=1S/C13H28N2/c1-6-15(10-12(3,4)9-14)11(2)13(5)7-8-13/h11H,6-10,14H2,1-5H3. The third-order valence-corrected chi connectivity index (χ3v) is 4.18. The Hall–Kier alpha value is -0.0800. The molecule has 2 heteroatoms. The fraction of sp³-hybridized carbons (Fsp3) is 1.00. The van der Waals surface area contributed by atoms with E-state index in [0.717, 1.165) is 19.6 Å². The molecule has 0 spiro atoms. The van der Waals surface area contributed by atoms with E-state index in [1.165, 1.54) is 12.8 Å². The Bertz CT molecular complexity index is 207. The Labute approximate surface area is 95.2 Å². The SMILES string of the molecule is CCN(CC(C)(C)CN)C(C)C1(C)CC1. The number of hydrogen-bond donors (Lipinski definition) is 1. The first-order valence-corrected chi connectivity index (χ1v) is 6.29. The highest BCUT2D eigenvalue weighted by molar-refractivity contribution is 4.98. The molecule has 0 aromatic rings. The van der Waals surface area contributed by atoms with E-state index in [1.807, 2.05) is 0 Å². The van der Waals surface area contributed by atoms with Crippen LogP contribution in [-0.2, 0) is 0 Å². The lowest BCUT2D eigenvalue weighted by molar-refractivity contribution is 0.107. The lowest BCUT2D eigenvalue weighted by Crippen LogP contribution is -2.45. The van der Waals surface area contributed by atoms with Gasteiger partial charge in [-0.15, -0.1) is 0 Å². The van der Waals surface area contributed by atoms with Crippen LogP contribution in [0.2, 0.25) is 0 Å². The summed E-state index contributed by atoms with van der Waals surface area (Å²) in [6, 6.07) is 0.702. The summed E-state index contributed by atoms with van der Waals surface area (Å²) in [6.45, 7) is 14.6. The summed E-state index contributed by atoms with van der Waals surface area (Å²) in [7, 11) is 0. The molecule has 0 amide bonds. The fourth-order valence-electron chi connectivity index (χ4n) is 2.19. The van der Waals surface area contributed by atoms with Crippen LogP contribution in [-0.4, -0.2) is 30.6 Å². The van der Waals surface area contributed by atoms with Gasteiger partial charge in [-0.2, -0.15) is 0 Å². The van der Waals surface area contributed by atoms with Crippen molar-refractivity contribution in [3.63, 3.8) is 0 Å². The number of nitrogens with two attached hydrogens (primary N) is 1. The van der Waals surface area contributed by atoms with Crippen molar-refractivity contribution >= 4 is 0 Å². The quantitative estimate of drug-likeness (QED) is 0.733. The van der Waals surface area contributed by atoms with E-state index >= 15 is 0 Å². The second-order valence-corrected chi connectivity index (χ2v) is 6.26. The van der Waals surface area contributed by atoms with E-state index in [2.05, 4.69) is 39.5 Å². The molecular formula is C13H28N2. The molecular weight excluding hydrogens is 184 g/mol. The van der Waals surface area contributed by atoms with Crippen molar-refractivity contribution in [2.75, 3.05) is 19.6 Å². The van der Waals surface area contributed by atoms with Crippen molar-refractivity contribution in [2.45, 2.75) is 53.5 Å². The minimum Gasteiger partial charge on any atom is -0.330 e. The van der Waals surface area contributed by atoms with Crippen LogP contribution in [0.25, 0.3) is 0 Å². The van der Waals surface area contributed by atoms with Gasteiger partial charge in [0.2, 0.25) is 0 Å². The second-order valence-electron chi connectivity index (χ2n) is 6.26. The lowest BCUT2D eigenvalue weighted by atomic mass is 9.90. The summed E-state index contributed by atoms with van der Waals surface area (Å²) in [5.74, 6) is 0. The normalized spacial score (nSPS) is 21.8. The van der Waals surface area contributed by atoms with Crippen molar-refractivity contribution in [2.24, 2.45) is 16.6 Å². The average Bonchev–Trinajstić information content (AvgIpc) is 2.93. The zero-order valence-electron chi connectivity index (χ0n) is 11.1. The van der Waals surface area contributed by atoms with Gasteiger partial charge in [0.15, 0.2) is 0 Å². The van der Waals surface area contributed by atoms with E-state index in [1.54, 1.807) is 0 Å². The largest absolute Gasteiger partial charge is 0.330 e. The summed E-state index contributed by atoms with van der Waals surface area (Å²) in [5, 5.41) is 0. The molecule has 1 aliphatic rings. The lowest BCUT2D eigenvalue weighted by Gasteiger charge is -2.38. The summed E-state index contributed by atoms with van der Waals surface area (Å²) in [6.07, 6.45) is 2.79. The molecule has 1 aliphatic carbocycles. The van der Waals surface area contributed by atoms with E-state index in [4.69, 9.17) is 5.73 Å². The first-order chi connectivity index (χ1) is 6.84. The molecule has 0 aliphatic heterocycles. The van der Waals surface area contributed by atoms with Gasteiger partial charge in [0.25, 0.3) is 0 Å². The smallest absolute Gasteiger partial charge is 0.0121 e. The third-order valence-electron chi connectivity index (χ3n) is 4.18. The van der Waals surface area contributed by atoms with E-state index < -0.39 is 0 Å². The summed E-state index contributed by atoms with van der Waals surface area (Å²) < 4.78 is 0. The van der Waals surface area contributed by atoms with Crippen molar-refractivity contribution in [3.05, 3.63) is 0 Å². The molecule has 0 aromatic carbocycles. The van der Waals surface area contributed by atoms with Gasteiger partial charge in [-0.25, -0.2) is 0 Å². The van der Waals surface area contributed by atoms with Crippen molar-refractivity contribution in [3.8, 4) is 0 Å². The Balaban J connectivity index is 2.55. The Morgan fingerprint density at radius 1 is 1.40 bits per heavy atom. The van der Waals surface area contributed by atoms with E-state index in [-0.39, 0.29) is 5.41 Å². The predicted molar refractivity (Wildman–Crippen MR) is 66.9 cm³/mol. The van der Waals surface area contributed by atoms with Gasteiger partial charge in [-0.1, -0.05) is 27.7 Å². The summed E-state index contributed by atoms with van der Waals surface area (Å²) >= 11 is 0.